The van der Waals surface area contributed by atoms with Gasteiger partial charge in [0.15, 0.2) is 6.61 Å². The molecule has 0 aliphatic carbocycles. The summed E-state index contributed by atoms with van der Waals surface area (Å²) in [5.41, 5.74) is 1.03. The summed E-state index contributed by atoms with van der Waals surface area (Å²) in [6.45, 7) is 5.90. The molecule has 1 amide bonds. The molecule has 6 heteroatoms. The molecule has 0 unspecified atom stereocenters. The molecule has 1 N–H and O–H groups in total. The number of hydrogen-bond acceptors (Lipinski definition) is 5. The van der Waals surface area contributed by atoms with Crippen molar-refractivity contribution in [1.29, 1.82) is 0 Å². The fourth-order valence-corrected chi connectivity index (χ4v) is 4.05. The molecule has 2 aromatic heterocycles. The van der Waals surface area contributed by atoms with E-state index in [1.54, 1.807) is 22.7 Å². The summed E-state index contributed by atoms with van der Waals surface area (Å²) in [4.78, 5) is 16.3. The summed E-state index contributed by atoms with van der Waals surface area (Å²) >= 11 is 3.30. The Morgan fingerprint density at radius 2 is 2.29 bits per heavy atom. The Balaban J connectivity index is 1.93. The monoisotopic (exact) mass is 320 g/mol. The highest BCUT2D eigenvalue weighted by Crippen LogP contribution is 2.38. The second kappa shape index (κ2) is 5.61. The summed E-state index contributed by atoms with van der Waals surface area (Å²) in [5, 5.41) is 6.91. The molecular weight excluding hydrogens is 304 g/mol. The van der Waals surface area contributed by atoms with Crippen molar-refractivity contribution in [2.45, 2.75) is 26.8 Å². The predicted octanol–water partition coefficient (Wildman–Crippen LogP) is 3.72. The number of carbonyl (C=O) groups excluding carboxylic acids is 1. The molecule has 3 rings (SSSR count). The van der Waals surface area contributed by atoms with Gasteiger partial charge < -0.3 is 10.1 Å². The summed E-state index contributed by atoms with van der Waals surface area (Å²) in [6, 6.07) is 4.12. The number of amides is 1. The van der Waals surface area contributed by atoms with Crippen LogP contribution < -0.4 is 10.1 Å². The molecule has 110 valence electrons. The van der Waals surface area contributed by atoms with Crippen molar-refractivity contribution in [2.75, 3.05) is 6.61 Å². The van der Waals surface area contributed by atoms with Gasteiger partial charge in [0.05, 0.1) is 19.9 Å². The van der Waals surface area contributed by atoms with Crippen LogP contribution in [-0.4, -0.2) is 23.5 Å². The van der Waals surface area contributed by atoms with Crippen molar-refractivity contribution in [3.63, 3.8) is 0 Å². The standard InChI is InChI=1S/C15H16N2O2S2/c1-8(2)16-13(18)7-19-11-6-12-14(17-9(3)21-12)15-10(11)4-5-20-15/h4-6,8H,7H2,1-3H3,(H,16,18). The molecule has 0 aliphatic rings. The first kappa shape index (κ1) is 14.3. The molecule has 0 aliphatic heterocycles. The van der Waals surface area contributed by atoms with Gasteiger partial charge in [0, 0.05) is 17.5 Å². The summed E-state index contributed by atoms with van der Waals surface area (Å²) in [7, 11) is 0. The number of fused-ring (bicyclic) bond motifs is 3. The average molecular weight is 320 g/mol. The van der Waals surface area contributed by atoms with E-state index >= 15 is 0 Å². The van der Waals surface area contributed by atoms with Crippen LogP contribution in [0.3, 0.4) is 0 Å². The number of hydrogen-bond donors (Lipinski definition) is 1. The minimum absolute atomic E-state index is 0.0341. The highest BCUT2D eigenvalue weighted by molar-refractivity contribution is 7.21. The quantitative estimate of drug-likeness (QED) is 0.797. The molecule has 21 heavy (non-hydrogen) atoms. The fourth-order valence-electron chi connectivity index (χ4n) is 2.21. The van der Waals surface area contributed by atoms with Crippen LogP contribution in [0.4, 0.5) is 0 Å². The van der Waals surface area contributed by atoms with Crippen LogP contribution in [-0.2, 0) is 4.79 Å². The lowest BCUT2D eigenvalue weighted by Crippen LogP contribution is -2.34. The Morgan fingerprint density at radius 3 is 3.05 bits per heavy atom. The van der Waals surface area contributed by atoms with E-state index in [0.29, 0.717) is 0 Å². The van der Waals surface area contributed by atoms with Crippen molar-refractivity contribution in [3.8, 4) is 5.75 Å². The van der Waals surface area contributed by atoms with Gasteiger partial charge in [-0.05, 0) is 32.2 Å². The highest BCUT2D eigenvalue weighted by atomic mass is 32.1. The number of aromatic nitrogens is 1. The maximum absolute atomic E-state index is 11.7. The third-order valence-corrected chi connectivity index (χ3v) is 4.82. The van der Waals surface area contributed by atoms with E-state index in [1.807, 2.05) is 38.3 Å². The van der Waals surface area contributed by atoms with E-state index in [1.165, 1.54) is 0 Å². The van der Waals surface area contributed by atoms with Crippen LogP contribution in [0.2, 0.25) is 0 Å². The highest BCUT2D eigenvalue weighted by Gasteiger charge is 2.13. The van der Waals surface area contributed by atoms with Crippen molar-refractivity contribution in [1.82, 2.24) is 10.3 Å². The van der Waals surface area contributed by atoms with Crippen molar-refractivity contribution >= 4 is 48.9 Å². The van der Waals surface area contributed by atoms with Crippen molar-refractivity contribution in [3.05, 3.63) is 22.5 Å². The van der Waals surface area contributed by atoms with E-state index in [2.05, 4.69) is 10.3 Å². The number of carbonyl (C=O) groups is 1. The van der Waals surface area contributed by atoms with Crippen LogP contribution in [0.25, 0.3) is 20.3 Å². The molecule has 0 fully saturated rings. The van der Waals surface area contributed by atoms with E-state index in [4.69, 9.17) is 4.74 Å². The van der Waals surface area contributed by atoms with E-state index in [9.17, 15) is 4.79 Å². The van der Waals surface area contributed by atoms with Gasteiger partial charge in [-0.25, -0.2) is 4.98 Å². The Hall–Kier alpha value is -1.66. The number of aryl methyl sites for hydroxylation is 1. The molecule has 0 saturated carbocycles. The zero-order valence-electron chi connectivity index (χ0n) is 12.1. The lowest BCUT2D eigenvalue weighted by atomic mass is 10.2. The summed E-state index contributed by atoms with van der Waals surface area (Å²) in [5.74, 6) is 0.648. The predicted molar refractivity (Wildman–Crippen MR) is 88.5 cm³/mol. The molecule has 0 saturated heterocycles. The molecule has 0 atom stereocenters. The summed E-state index contributed by atoms with van der Waals surface area (Å²) in [6.07, 6.45) is 0. The second-order valence-corrected chi connectivity index (χ2v) is 7.28. The zero-order valence-corrected chi connectivity index (χ0v) is 13.7. The second-order valence-electron chi connectivity index (χ2n) is 5.13. The van der Waals surface area contributed by atoms with Gasteiger partial charge in [-0.2, -0.15) is 0 Å². The summed E-state index contributed by atoms with van der Waals surface area (Å²) < 4.78 is 7.95. The van der Waals surface area contributed by atoms with Gasteiger partial charge >= 0.3 is 0 Å². The van der Waals surface area contributed by atoms with Gasteiger partial charge in [0.2, 0.25) is 0 Å². The molecule has 1 aromatic carbocycles. The van der Waals surface area contributed by atoms with E-state index < -0.39 is 0 Å². The number of thiazole rings is 1. The first-order valence-electron chi connectivity index (χ1n) is 6.74. The maximum atomic E-state index is 11.7. The zero-order chi connectivity index (χ0) is 15.0. The van der Waals surface area contributed by atoms with Gasteiger partial charge in [0.1, 0.15) is 5.75 Å². The minimum Gasteiger partial charge on any atom is -0.483 e. The molecule has 0 radical (unpaired) electrons. The van der Waals surface area contributed by atoms with Gasteiger partial charge in [-0.15, -0.1) is 22.7 Å². The van der Waals surface area contributed by atoms with Crippen LogP contribution in [0.15, 0.2) is 17.5 Å². The normalized spacial score (nSPS) is 11.4. The van der Waals surface area contributed by atoms with Crippen LogP contribution in [0, 0.1) is 6.92 Å². The Morgan fingerprint density at radius 1 is 1.48 bits per heavy atom. The van der Waals surface area contributed by atoms with E-state index in [0.717, 1.165) is 31.1 Å². The molecule has 0 bridgehead atoms. The number of rotatable bonds is 4. The largest absolute Gasteiger partial charge is 0.483 e. The van der Waals surface area contributed by atoms with Gasteiger partial charge in [-0.3, -0.25) is 4.79 Å². The number of thiophene rings is 1. The number of nitrogens with zero attached hydrogens (tertiary/aromatic N) is 1. The average Bonchev–Trinajstić information content (AvgIpc) is 2.99. The lowest BCUT2D eigenvalue weighted by Gasteiger charge is -2.10. The Labute approximate surface area is 130 Å². The van der Waals surface area contributed by atoms with Crippen molar-refractivity contribution < 1.29 is 9.53 Å². The van der Waals surface area contributed by atoms with Gasteiger partial charge in [0.25, 0.3) is 5.91 Å². The first-order chi connectivity index (χ1) is 10.0. The third-order valence-electron chi connectivity index (χ3n) is 2.98. The van der Waals surface area contributed by atoms with Gasteiger partial charge in [-0.1, -0.05) is 0 Å². The SMILES string of the molecule is Cc1nc2c(cc(OCC(=O)NC(C)C)c3ccsc32)s1. The number of benzene rings is 1. The maximum Gasteiger partial charge on any atom is 0.258 e. The van der Waals surface area contributed by atoms with E-state index in [-0.39, 0.29) is 18.6 Å². The first-order valence-corrected chi connectivity index (χ1v) is 8.43. The lowest BCUT2D eigenvalue weighted by molar-refractivity contribution is -0.123. The smallest absolute Gasteiger partial charge is 0.258 e. The van der Waals surface area contributed by atoms with Crippen LogP contribution >= 0.6 is 22.7 Å². The fraction of sp³-hybridized carbons (Fsp3) is 0.333. The van der Waals surface area contributed by atoms with Crippen LogP contribution in [0.5, 0.6) is 5.75 Å². The molecule has 2 heterocycles. The van der Waals surface area contributed by atoms with Crippen molar-refractivity contribution in [2.24, 2.45) is 0 Å². The third kappa shape index (κ3) is 2.87. The topological polar surface area (TPSA) is 51.2 Å². The Kier molecular flexibility index (Phi) is 3.82. The molecular formula is C15H16N2O2S2. The molecule has 3 aromatic rings. The Bertz CT molecular complexity index is 805. The number of ether oxygens (including phenoxy) is 1. The van der Waals surface area contributed by atoms with Crippen LogP contribution in [0.1, 0.15) is 18.9 Å². The number of nitrogens with one attached hydrogen (secondary N) is 1. The molecule has 4 nitrogen and oxygen atoms in total. The minimum atomic E-state index is -0.103. The molecule has 0 spiro atoms.